The van der Waals surface area contributed by atoms with Crippen LogP contribution < -0.4 is 20.4 Å². The van der Waals surface area contributed by atoms with Crippen molar-refractivity contribution < 1.29 is 4.79 Å². The second-order valence-electron chi connectivity index (χ2n) is 7.79. The van der Waals surface area contributed by atoms with Gasteiger partial charge in [-0.15, -0.1) is 0 Å². The number of nitrogens with zero attached hydrogens (tertiary/aromatic N) is 5. The number of benzene rings is 1. The summed E-state index contributed by atoms with van der Waals surface area (Å²) < 4.78 is 2.04. The molecule has 2 aromatic heterocycles. The first kappa shape index (κ1) is 18.6. The molecule has 1 aromatic carbocycles. The topological polar surface area (TPSA) is 78.3 Å². The van der Waals surface area contributed by atoms with Crippen LogP contribution in [0.1, 0.15) is 29.2 Å². The molecule has 2 N–H and O–H groups in total. The van der Waals surface area contributed by atoms with E-state index in [1.165, 1.54) is 0 Å². The molecule has 154 valence electrons. The Morgan fingerprint density at radius 1 is 1.00 bits per heavy atom. The number of carbonyl (C=O) groups is 1. The Bertz CT molecular complexity index is 1090. The van der Waals surface area contributed by atoms with Crippen LogP contribution in [-0.4, -0.2) is 47.9 Å². The lowest BCUT2D eigenvalue weighted by Gasteiger charge is -2.23. The third kappa shape index (κ3) is 3.19. The fourth-order valence-electron chi connectivity index (χ4n) is 4.21. The number of fused-ring (bicyclic) bond motifs is 2. The average molecular weight is 403 g/mol. The van der Waals surface area contributed by atoms with E-state index in [0.717, 1.165) is 48.8 Å². The fraction of sp³-hybridized carbons (Fsp3) is 0.318. The third-order valence-electron chi connectivity index (χ3n) is 5.93. The summed E-state index contributed by atoms with van der Waals surface area (Å²) in [5.41, 5.74) is 3.23. The highest BCUT2D eigenvalue weighted by atomic mass is 16.2. The van der Waals surface area contributed by atoms with E-state index in [0.29, 0.717) is 17.4 Å². The minimum atomic E-state index is -0.0422. The van der Waals surface area contributed by atoms with E-state index in [9.17, 15) is 4.79 Å². The Morgan fingerprint density at radius 3 is 2.63 bits per heavy atom. The summed E-state index contributed by atoms with van der Waals surface area (Å²) >= 11 is 0. The maximum Gasteiger partial charge on any atom is 0.260 e. The monoisotopic (exact) mass is 403 g/mol. The fourth-order valence-corrected chi connectivity index (χ4v) is 4.21. The summed E-state index contributed by atoms with van der Waals surface area (Å²) in [5, 5.41) is 11.4. The normalized spacial score (nSPS) is 16.8. The quantitative estimate of drug-likeness (QED) is 0.699. The van der Waals surface area contributed by atoms with Gasteiger partial charge in [0.2, 0.25) is 0 Å². The second kappa shape index (κ2) is 7.46. The minimum Gasteiger partial charge on any atom is -0.342 e. The van der Waals surface area contributed by atoms with Gasteiger partial charge in [0, 0.05) is 32.4 Å². The van der Waals surface area contributed by atoms with Crippen molar-refractivity contribution in [3.8, 4) is 0 Å². The molecule has 8 heteroatoms. The summed E-state index contributed by atoms with van der Waals surface area (Å²) in [7, 11) is 3.76. The molecule has 5 rings (SSSR count). The van der Waals surface area contributed by atoms with Crippen LogP contribution in [0, 0.1) is 0 Å². The molecule has 4 heterocycles. The van der Waals surface area contributed by atoms with E-state index in [-0.39, 0.29) is 5.91 Å². The molecule has 0 bridgehead atoms. The predicted octanol–water partition coefficient (Wildman–Crippen LogP) is 3.30. The molecule has 3 aromatic rings. The highest BCUT2D eigenvalue weighted by Gasteiger charge is 2.27. The molecule has 0 atom stereocenters. The number of para-hydroxylation sites is 1. The average Bonchev–Trinajstić information content (AvgIpc) is 3.24. The molecule has 0 unspecified atom stereocenters. The SMILES string of the molecule is CN1C(=O)c2ccccc2N(C)c2cc(Nc3ccn(C4CCNCC4)n3)ncc21. The lowest BCUT2D eigenvalue weighted by Crippen LogP contribution is -2.29. The number of aromatic nitrogens is 3. The lowest BCUT2D eigenvalue weighted by molar-refractivity contribution is 0.0994. The highest BCUT2D eigenvalue weighted by Crippen LogP contribution is 2.39. The number of carbonyl (C=O) groups excluding carboxylic acids is 1. The van der Waals surface area contributed by atoms with E-state index in [1.54, 1.807) is 18.1 Å². The van der Waals surface area contributed by atoms with Gasteiger partial charge < -0.3 is 20.4 Å². The molecule has 0 aliphatic carbocycles. The smallest absolute Gasteiger partial charge is 0.260 e. The Balaban J connectivity index is 1.45. The van der Waals surface area contributed by atoms with E-state index in [1.807, 2.05) is 59.2 Å². The molecular weight excluding hydrogens is 378 g/mol. The second-order valence-corrected chi connectivity index (χ2v) is 7.79. The van der Waals surface area contributed by atoms with E-state index in [4.69, 9.17) is 5.10 Å². The Hall–Kier alpha value is -3.39. The lowest BCUT2D eigenvalue weighted by atomic mass is 10.1. The largest absolute Gasteiger partial charge is 0.342 e. The van der Waals surface area contributed by atoms with Gasteiger partial charge in [-0.25, -0.2) is 4.98 Å². The van der Waals surface area contributed by atoms with Gasteiger partial charge in [-0.3, -0.25) is 9.48 Å². The summed E-state index contributed by atoms with van der Waals surface area (Å²) in [6.07, 6.45) is 5.93. The first-order valence-corrected chi connectivity index (χ1v) is 10.3. The molecule has 0 saturated carbocycles. The van der Waals surface area contributed by atoms with Crippen molar-refractivity contribution in [3.05, 3.63) is 54.4 Å². The minimum absolute atomic E-state index is 0.0422. The van der Waals surface area contributed by atoms with Gasteiger partial charge in [-0.05, 0) is 38.1 Å². The maximum atomic E-state index is 12.9. The first-order chi connectivity index (χ1) is 14.6. The molecule has 0 spiro atoms. The van der Waals surface area contributed by atoms with Gasteiger partial charge in [-0.1, -0.05) is 12.1 Å². The third-order valence-corrected chi connectivity index (χ3v) is 5.93. The summed E-state index contributed by atoms with van der Waals surface area (Å²) in [6.45, 7) is 2.05. The van der Waals surface area contributed by atoms with Crippen molar-refractivity contribution in [1.29, 1.82) is 0 Å². The number of nitrogens with one attached hydrogen (secondary N) is 2. The number of amides is 1. The number of anilines is 5. The number of pyridine rings is 1. The summed E-state index contributed by atoms with van der Waals surface area (Å²) in [5.74, 6) is 1.41. The molecule has 1 saturated heterocycles. The number of rotatable bonds is 3. The van der Waals surface area contributed by atoms with Crippen LogP contribution in [0.5, 0.6) is 0 Å². The standard InChI is InChI=1S/C22H25N7O/c1-27-17-6-4-3-5-16(17)22(30)28(2)19-14-24-21(13-18(19)27)25-20-9-12-29(26-20)15-7-10-23-11-8-15/h3-6,9,12-15,23H,7-8,10-11H2,1-2H3,(H,24,25,26). The predicted molar refractivity (Wildman–Crippen MR) is 118 cm³/mol. The molecule has 1 amide bonds. The van der Waals surface area contributed by atoms with Crippen LogP contribution in [0.2, 0.25) is 0 Å². The summed E-state index contributed by atoms with van der Waals surface area (Å²) in [6, 6.07) is 12.0. The first-order valence-electron chi connectivity index (χ1n) is 10.3. The van der Waals surface area contributed by atoms with E-state index >= 15 is 0 Å². The summed E-state index contributed by atoms with van der Waals surface area (Å²) in [4.78, 5) is 21.1. The van der Waals surface area contributed by atoms with Crippen LogP contribution in [0.4, 0.5) is 28.7 Å². The molecule has 2 aliphatic heterocycles. The number of hydrogen-bond acceptors (Lipinski definition) is 6. The zero-order valence-corrected chi connectivity index (χ0v) is 17.2. The Morgan fingerprint density at radius 2 is 1.80 bits per heavy atom. The van der Waals surface area contributed by atoms with Crippen molar-refractivity contribution in [1.82, 2.24) is 20.1 Å². The van der Waals surface area contributed by atoms with Crippen LogP contribution >= 0.6 is 0 Å². The molecule has 8 nitrogen and oxygen atoms in total. The van der Waals surface area contributed by atoms with Gasteiger partial charge in [0.25, 0.3) is 5.91 Å². The number of piperidine rings is 1. The van der Waals surface area contributed by atoms with E-state index in [2.05, 4.69) is 15.6 Å². The highest BCUT2D eigenvalue weighted by molar-refractivity contribution is 6.13. The molecule has 2 aliphatic rings. The van der Waals surface area contributed by atoms with Crippen molar-refractivity contribution in [3.63, 3.8) is 0 Å². The van der Waals surface area contributed by atoms with Crippen molar-refractivity contribution in [2.45, 2.75) is 18.9 Å². The van der Waals surface area contributed by atoms with Crippen LogP contribution in [0.15, 0.2) is 48.8 Å². The zero-order chi connectivity index (χ0) is 20.7. The van der Waals surface area contributed by atoms with Crippen LogP contribution in [0.25, 0.3) is 0 Å². The van der Waals surface area contributed by atoms with Gasteiger partial charge in [0.15, 0.2) is 5.82 Å². The Labute approximate surface area is 175 Å². The molecule has 0 radical (unpaired) electrons. The molecule has 30 heavy (non-hydrogen) atoms. The van der Waals surface area contributed by atoms with Gasteiger partial charge in [0.1, 0.15) is 5.82 Å². The molecule has 1 fully saturated rings. The van der Waals surface area contributed by atoms with Gasteiger partial charge in [-0.2, -0.15) is 5.10 Å². The number of hydrogen-bond donors (Lipinski definition) is 2. The van der Waals surface area contributed by atoms with E-state index < -0.39 is 0 Å². The Kier molecular flexibility index (Phi) is 4.63. The van der Waals surface area contributed by atoms with Crippen molar-refractivity contribution in [2.24, 2.45) is 0 Å². The molecular formula is C22H25N7O. The zero-order valence-electron chi connectivity index (χ0n) is 17.2. The maximum absolute atomic E-state index is 12.9. The van der Waals surface area contributed by atoms with Crippen LogP contribution in [0.3, 0.4) is 0 Å². The van der Waals surface area contributed by atoms with Crippen LogP contribution in [-0.2, 0) is 0 Å². The van der Waals surface area contributed by atoms with Crippen molar-refractivity contribution >= 4 is 34.6 Å². The van der Waals surface area contributed by atoms with Gasteiger partial charge >= 0.3 is 0 Å². The van der Waals surface area contributed by atoms with Gasteiger partial charge in [0.05, 0.1) is 34.9 Å². The van der Waals surface area contributed by atoms with Crippen molar-refractivity contribution in [2.75, 3.05) is 42.3 Å².